The number of unbranched alkanes of at least 4 members (excludes halogenated alkanes) is 8. The number of hydrogen-bond acceptors (Lipinski definition) is 36. The van der Waals surface area contributed by atoms with Crippen molar-refractivity contribution in [3.8, 4) is 0 Å². The fraction of sp³-hybridized carbons (Fsp3) is 0.965. The minimum Gasteiger partial charge on any atom is -0.460 e. The third-order valence-electron chi connectivity index (χ3n) is 20.0. The first-order valence-corrected chi connectivity index (χ1v) is 118. The van der Waals surface area contributed by atoms with E-state index in [1.54, 1.807) is 20.0 Å². The molecule has 0 aromatic carbocycles. The molecule has 0 saturated heterocycles. The Balaban J connectivity index is 4.82. The summed E-state index contributed by atoms with van der Waals surface area (Å²) in [7, 11) is -63.7. The third kappa shape index (κ3) is 79.8. The summed E-state index contributed by atoms with van der Waals surface area (Å²) in [4.78, 5) is 21.8. The molecule has 0 spiro atoms. The highest BCUT2D eigenvalue weighted by molar-refractivity contribution is 7.39. The molecule has 0 aliphatic carbocycles. The minimum absolute atomic E-state index is 0.189. The van der Waals surface area contributed by atoms with E-state index in [4.69, 9.17) is 148 Å². The average Bonchev–Trinajstić information content (AvgIpc) is 0.789. The van der Waals surface area contributed by atoms with Gasteiger partial charge >= 0.3 is 186 Å². The Morgan fingerprint density at radius 1 is 0.174 bits per heavy atom. The molecular weight excluding hydrogens is 2240 g/mol. The molecule has 0 radical (unpaired) electrons. The minimum atomic E-state index is -2.92. The smallest absolute Gasteiger partial charge is 0.333 e. The summed E-state index contributed by atoms with van der Waals surface area (Å²) in [5.41, 5.74) is 0.364. The Morgan fingerprint density at radius 3 is 0.451 bits per heavy atom. The number of carbonyl (C=O) groups is 1. The van der Waals surface area contributed by atoms with Crippen molar-refractivity contribution < 1.29 is 158 Å². The Hall–Kier alpha value is 2.84. The fourth-order valence-electron chi connectivity index (χ4n) is 18.2. The van der Waals surface area contributed by atoms with Crippen LogP contribution in [0.15, 0.2) is 12.2 Å². The van der Waals surface area contributed by atoms with Crippen LogP contribution in [0.25, 0.3) is 0 Å². The van der Waals surface area contributed by atoms with Gasteiger partial charge in [-0.05, 0) is 301 Å². The lowest BCUT2D eigenvalue weighted by molar-refractivity contribution is -0.140. The lowest BCUT2D eigenvalue weighted by atomic mass is 10.1. The maximum absolute atomic E-state index is 11.3. The van der Waals surface area contributed by atoms with Crippen molar-refractivity contribution in [2.45, 2.75) is 372 Å². The van der Waals surface area contributed by atoms with Crippen LogP contribution in [-0.2, 0) is 153 Å². The molecule has 0 fully saturated rings. The van der Waals surface area contributed by atoms with Crippen molar-refractivity contribution in [2.24, 2.45) is 0 Å². The van der Waals surface area contributed by atoms with Gasteiger partial charge in [0.2, 0.25) is 0 Å². The van der Waals surface area contributed by atoms with Gasteiger partial charge in [-0.1, -0.05) is 77.1 Å². The number of esters is 1. The molecule has 862 valence electrons. The Bertz CT molecular complexity index is 3500. The van der Waals surface area contributed by atoms with Crippen LogP contribution < -0.4 is 0 Å². The molecule has 1 N–H and O–H groups in total. The fourth-order valence-corrected chi connectivity index (χ4v) is 139. The van der Waals surface area contributed by atoms with Gasteiger partial charge in [0, 0.05) is 12.2 Å². The van der Waals surface area contributed by atoms with E-state index < -0.39 is 201 Å². The highest BCUT2D eigenvalue weighted by atomic mass is 29.3. The largest absolute Gasteiger partial charge is 0.460 e. The van der Waals surface area contributed by atoms with Gasteiger partial charge in [-0.25, -0.2) is 4.79 Å². The summed E-state index contributed by atoms with van der Waals surface area (Å²) in [6, 6.07) is 1.26. The molecule has 0 aliphatic heterocycles. The second kappa shape index (κ2) is 65.7. The Kier molecular flexibility index (Phi) is 67.0. The van der Waals surface area contributed by atoms with Crippen molar-refractivity contribution in [2.75, 3.05) is 165 Å². The summed E-state index contributed by atoms with van der Waals surface area (Å²) in [5.74, 6) is -0.419. The summed E-state index contributed by atoms with van der Waals surface area (Å²) in [6.07, 6.45) is 11.2. The molecule has 0 saturated carbocycles. The van der Waals surface area contributed by atoms with Crippen molar-refractivity contribution in [1.29, 1.82) is 0 Å². The Morgan fingerprint density at radius 2 is 0.299 bits per heavy atom. The second-order valence-corrected chi connectivity index (χ2v) is 138. The first kappa shape index (κ1) is 147. The van der Waals surface area contributed by atoms with E-state index in [0.717, 1.165) is 13.0 Å². The highest BCUT2D eigenvalue weighted by Crippen LogP contribution is 2.38. The molecule has 0 bridgehead atoms. The van der Waals surface area contributed by atoms with Gasteiger partial charge in [0.1, 0.15) is 6.61 Å². The molecule has 36 nitrogen and oxygen atoms in total. The lowest BCUT2D eigenvalue weighted by Gasteiger charge is -2.46. The lowest BCUT2D eigenvalue weighted by Crippen LogP contribution is -2.65. The predicted molar refractivity (Wildman–Crippen MR) is 629 cm³/mol. The first-order valence-electron chi connectivity index (χ1n) is 52.1. The van der Waals surface area contributed by atoms with Crippen LogP contribution in [0, 0.1) is 0 Å². The maximum Gasteiger partial charge on any atom is 0.333 e. The van der Waals surface area contributed by atoms with Gasteiger partial charge in [0.15, 0.2) is 7.83 Å². The molecular formula is C85H214O36Si23. The van der Waals surface area contributed by atoms with E-state index in [0.29, 0.717) is 158 Å². The van der Waals surface area contributed by atoms with E-state index in [-0.39, 0.29) is 6.61 Å². The van der Waals surface area contributed by atoms with E-state index in [1.165, 1.54) is 57.4 Å². The van der Waals surface area contributed by atoms with Gasteiger partial charge in [-0.2, -0.15) is 0 Å². The zero-order valence-electron chi connectivity index (χ0n) is 99.7. The van der Waals surface area contributed by atoms with E-state index >= 15 is 0 Å². The molecule has 0 amide bonds. The molecule has 0 rings (SSSR count). The van der Waals surface area contributed by atoms with Crippen LogP contribution >= 0.6 is 0 Å². The molecule has 0 aliphatic rings. The van der Waals surface area contributed by atoms with Gasteiger partial charge in [0.05, 0.1) is 160 Å². The molecule has 0 heterocycles. The summed E-state index contributed by atoms with van der Waals surface area (Å²) < 4.78 is 217. The zero-order valence-corrected chi connectivity index (χ0v) is 123. The van der Waals surface area contributed by atoms with Crippen LogP contribution in [0.2, 0.25) is 307 Å². The maximum atomic E-state index is 11.3. The van der Waals surface area contributed by atoms with Crippen LogP contribution in [0.4, 0.5) is 0 Å². The van der Waals surface area contributed by atoms with Crippen molar-refractivity contribution in [3.63, 3.8) is 0 Å². The molecule has 144 heavy (non-hydrogen) atoms. The standard InChI is InChI=1S/C85H214O36Si23/c1-84(2)85(86)100-82-81-99-80-79-98-78-77-97-76-75-96-74-73-95-72-71-94-70-69-93-68-67-92-66-65-91-64-63-90-62-61-89-60-59-88-58-56-54-52-50-49-51-53-55-57-83-122(3,4)144(47,48)121-143(45,46)120-142(43,44)119-141(41,42)118-140(39,40)117-139(37,38)116-138(35,36)115-137(33,34)114-136(31,32)113-135(29,30)112-134(27,28)111-133(25,26)110-132(23,24)109-131(21,22)108-130(19,20)107-129(17,18)106-128(15,16)105-127(13,14)104-126(11,12)103-125(9,10)102-124(7,8)101-123(5,6)87/h87H,1,49-83H2,2-48H3. The number of ether oxygens (including phenoxy) is 13. The van der Waals surface area contributed by atoms with Crippen LogP contribution in [0.1, 0.15) is 64.7 Å². The monoisotopic (exact) mass is 2450 g/mol. The van der Waals surface area contributed by atoms with Crippen molar-refractivity contribution in [3.05, 3.63) is 12.2 Å². The molecule has 0 aromatic rings. The summed E-state index contributed by atoms with van der Waals surface area (Å²) in [6.45, 7) is 113. The van der Waals surface area contributed by atoms with Gasteiger partial charge in [0.25, 0.3) is 0 Å². The highest BCUT2D eigenvalue weighted by Gasteiger charge is 2.57. The Labute approximate surface area is 900 Å². The summed E-state index contributed by atoms with van der Waals surface area (Å²) in [5, 5.41) is 0. The third-order valence-corrected chi connectivity index (χ3v) is 119. The SMILES string of the molecule is C=C(C)C(=O)OCCOCCOCCOCCOCCOCCOCCOCCOCCOCCOCCOCCOCCCCCCCCCCC[Si](C)(C)[Si](C)(C)O[Si](C)(C)O[Si](C)(C)O[Si](C)(C)O[Si](C)(C)O[Si](C)(C)O[Si](C)(C)O[Si](C)(C)O[Si](C)(C)O[Si](C)(C)O[Si](C)(C)O[Si](C)(C)O[Si](C)(C)O[Si](C)(C)O[Si](C)(C)O[Si](C)(C)O[Si](C)(C)O[Si](C)(C)O[Si](C)(C)O[Si](C)(C)O[Si](C)(C)O[Si](C)(C)O. The summed E-state index contributed by atoms with van der Waals surface area (Å²) >= 11 is 0. The van der Waals surface area contributed by atoms with E-state index in [9.17, 15) is 9.59 Å². The number of hydrogen-bond donors (Lipinski definition) is 1. The number of rotatable bonds is 92. The molecule has 0 aromatic heterocycles. The van der Waals surface area contributed by atoms with Gasteiger partial charge in [-0.15, -0.1) is 0 Å². The van der Waals surface area contributed by atoms with E-state index in [1.807, 2.05) is 105 Å². The van der Waals surface area contributed by atoms with Crippen LogP contribution in [-0.4, -0.2) is 371 Å². The normalized spacial score (nSPS) is 14.7. The van der Waals surface area contributed by atoms with Crippen LogP contribution in [0.5, 0.6) is 0 Å². The molecule has 0 unspecified atom stereocenters. The average molecular weight is 2460 g/mol. The molecule has 59 heteroatoms. The molecule has 0 atom stereocenters. The first-order chi connectivity index (χ1) is 64.9. The number of carbonyl (C=O) groups excluding carboxylic acids is 1. The van der Waals surface area contributed by atoms with E-state index in [2.05, 4.69) is 190 Å². The van der Waals surface area contributed by atoms with Gasteiger partial charge in [-0.3, -0.25) is 0 Å². The van der Waals surface area contributed by atoms with Crippen LogP contribution in [0.3, 0.4) is 0 Å². The van der Waals surface area contributed by atoms with Crippen molar-refractivity contribution in [1.82, 2.24) is 0 Å². The quantitative estimate of drug-likeness (QED) is 0.0256. The topological polar surface area (TPSA) is 351 Å². The van der Waals surface area contributed by atoms with Gasteiger partial charge < -0.3 is 153 Å². The zero-order chi connectivity index (χ0) is 111. The second-order valence-electron chi connectivity index (χ2n) is 47.2. The predicted octanol–water partition coefficient (Wildman–Crippen LogP) is 20.9. The van der Waals surface area contributed by atoms with Crippen molar-refractivity contribution >= 4 is 201 Å².